The summed E-state index contributed by atoms with van der Waals surface area (Å²) in [4.78, 5) is 17.1. The lowest BCUT2D eigenvalue weighted by Gasteiger charge is -2.10. The molecule has 4 rings (SSSR count). The molecule has 5 nitrogen and oxygen atoms in total. The highest BCUT2D eigenvalue weighted by atomic mass is 79.9. The lowest BCUT2D eigenvalue weighted by Crippen LogP contribution is -2.07. The van der Waals surface area contributed by atoms with E-state index in [-0.39, 0.29) is 5.97 Å². The molecular formula is C30H34BrN3O2. The third-order valence-corrected chi connectivity index (χ3v) is 6.70. The SMILES string of the molecule is CCCCCCCCCC(=O)Oc1ccc(-c2nc3ccc(Br)cn3c2NCc2ccccc2)cc1. The summed E-state index contributed by atoms with van der Waals surface area (Å²) in [6.45, 7) is 2.91. The van der Waals surface area contributed by atoms with E-state index < -0.39 is 0 Å². The van der Waals surface area contributed by atoms with Gasteiger partial charge in [0, 0.05) is 29.2 Å². The number of carbonyl (C=O) groups excluding carboxylic acids is 1. The quantitative estimate of drug-likeness (QED) is 0.104. The van der Waals surface area contributed by atoms with Gasteiger partial charge in [0.1, 0.15) is 22.9 Å². The van der Waals surface area contributed by atoms with E-state index in [9.17, 15) is 4.79 Å². The Labute approximate surface area is 222 Å². The molecule has 0 atom stereocenters. The number of esters is 1. The van der Waals surface area contributed by atoms with Crippen LogP contribution in [0.2, 0.25) is 0 Å². The number of hydrogen-bond donors (Lipinski definition) is 1. The van der Waals surface area contributed by atoms with E-state index in [0.717, 1.165) is 40.0 Å². The molecule has 0 saturated heterocycles. The zero-order valence-electron chi connectivity index (χ0n) is 20.9. The first-order valence-electron chi connectivity index (χ1n) is 12.9. The highest BCUT2D eigenvalue weighted by Gasteiger charge is 2.15. The van der Waals surface area contributed by atoms with Gasteiger partial charge in [-0.15, -0.1) is 0 Å². The number of nitrogens with zero attached hydrogens (tertiary/aromatic N) is 2. The van der Waals surface area contributed by atoms with Crippen LogP contribution in [-0.2, 0) is 11.3 Å². The Balaban J connectivity index is 1.41. The van der Waals surface area contributed by atoms with Crippen molar-refractivity contribution in [3.63, 3.8) is 0 Å². The number of imidazole rings is 1. The summed E-state index contributed by atoms with van der Waals surface area (Å²) in [5.74, 6) is 1.31. The van der Waals surface area contributed by atoms with Crippen LogP contribution in [0, 0.1) is 0 Å². The molecule has 0 bridgehead atoms. The number of unbranched alkanes of at least 4 members (excludes halogenated alkanes) is 6. The fourth-order valence-electron chi connectivity index (χ4n) is 4.26. The molecule has 0 aliphatic heterocycles. The Kier molecular flexibility index (Phi) is 9.56. The second-order valence-corrected chi connectivity index (χ2v) is 10.0. The van der Waals surface area contributed by atoms with Gasteiger partial charge in [0.2, 0.25) is 0 Å². The van der Waals surface area contributed by atoms with Gasteiger partial charge >= 0.3 is 5.97 Å². The van der Waals surface area contributed by atoms with E-state index in [1.807, 2.05) is 60.8 Å². The number of carbonyl (C=O) groups is 1. The molecule has 4 aromatic rings. The molecule has 0 aliphatic rings. The molecule has 0 amide bonds. The van der Waals surface area contributed by atoms with Gasteiger partial charge in [-0.3, -0.25) is 9.20 Å². The van der Waals surface area contributed by atoms with E-state index in [2.05, 4.69) is 44.7 Å². The summed E-state index contributed by atoms with van der Waals surface area (Å²) in [6, 6.07) is 21.9. The van der Waals surface area contributed by atoms with Crippen LogP contribution in [0.25, 0.3) is 16.9 Å². The summed E-state index contributed by atoms with van der Waals surface area (Å²) in [5, 5.41) is 3.56. The van der Waals surface area contributed by atoms with Gasteiger partial charge in [-0.2, -0.15) is 0 Å². The number of halogens is 1. The number of aromatic nitrogens is 2. The van der Waals surface area contributed by atoms with E-state index >= 15 is 0 Å². The monoisotopic (exact) mass is 547 g/mol. The number of pyridine rings is 1. The Hall–Kier alpha value is -3.12. The van der Waals surface area contributed by atoms with E-state index in [1.54, 1.807) is 0 Å². The maximum atomic E-state index is 12.3. The number of hydrogen-bond acceptors (Lipinski definition) is 4. The van der Waals surface area contributed by atoms with Crippen LogP contribution in [-0.4, -0.2) is 15.4 Å². The Morgan fingerprint density at radius 2 is 1.64 bits per heavy atom. The number of rotatable bonds is 13. The Bertz CT molecular complexity index is 1250. The minimum Gasteiger partial charge on any atom is -0.427 e. The Morgan fingerprint density at radius 1 is 0.917 bits per heavy atom. The first-order valence-corrected chi connectivity index (χ1v) is 13.7. The molecule has 2 aromatic heterocycles. The number of benzene rings is 2. The molecular weight excluding hydrogens is 514 g/mol. The summed E-state index contributed by atoms with van der Waals surface area (Å²) < 4.78 is 8.61. The maximum absolute atomic E-state index is 12.3. The fraction of sp³-hybridized carbons (Fsp3) is 0.333. The number of fused-ring (bicyclic) bond motifs is 1. The molecule has 0 radical (unpaired) electrons. The van der Waals surface area contributed by atoms with Crippen molar-refractivity contribution in [2.45, 2.75) is 64.8 Å². The normalized spacial score (nSPS) is 11.1. The van der Waals surface area contributed by atoms with Gasteiger partial charge in [0.05, 0.1) is 0 Å². The number of anilines is 1. The van der Waals surface area contributed by atoms with Crippen molar-refractivity contribution in [3.05, 3.63) is 83.0 Å². The van der Waals surface area contributed by atoms with Crippen molar-refractivity contribution >= 4 is 33.4 Å². The molecule has 36 heavy (non-hydrogen) atoms. The minimum absolute atomic E-state index is 0.167. The van der Waals surface area contributed by atoms with Crippen LogP contribution in [0.3, 0.4) is 0 Å². The van der Waals surface area contributed by atoms with E-state index in [0.29, 0.717) is 18.7 Å². The predicted octanol–water partition coefficient (Wildman–Crippen LogP) is 8.42. The second kappa shape index (κ2) is 13.3. The van der Waals surface area contributed by atoms with Crippen molar-refractivity contribution in [1.29, 1.82) is 0 Å². The first kappa shape index (κ1) is 26.0. The van der Waals surface area contributed by atoms with Gasteiger partial charge in [0.15, 0.2) is 0 Å². The average molecular weight is 549 g/mol. The fourth-order valence-corrected chi connectivity index (χ4v) is 4.60. The zero-order chi connectivity index (χ0) is 25.2. The zero-order valence-corrected chi connectivity index (χ0v) is 22.5. The standard InChI is InChI=1S/C30H34BrN3O2/c1-2-3-4-5-6-7-11-14-28(35)36-26-18-15-24(16-19-26)29-30(32-21-23-12-9-8-10-13-23)34-22-25(31)17-20-27(34)33-29/h8-10,12-13,15-20,22,32H,2-7,11,14,21H2,1H3. The van der Waals surface area contributed by atoms with Crippen LogP contribution >= 0.6 is 15.9 Å². The van der Waals surface area contributed by atoms with Crippen LogP contribution in [0.15, 0.2) is 77.4 Å². The van der Waals surface area contributed by atoms with Crippen molar-refractivity contribution in [3.8, 4) is 17.0 Å². The first-order chi connectivity index (χ1) is 17.6. The summed E-state index contributed by atoms with van der Waals surface area (Å²) in [6.07, 6.45) is 10.7. The molecule has 0 saturated carbocycles. The number of nitrogens with one attached hydrogen (secondary N) is 1. The minimum atomic E-state index is -0.167. The second-order valence-electron chi connectivity index (χ2n) is 9.09. The van der Waals surface area contributed by atoms with Crippen LogP contribution in [0.5, 0.6) is 5.75 Å². The highest BCUT2D eigenvalue weighted by molar-refractivity contribution is 9.10. The molecule has 188 valence electrons. The maximum Gasteiger partial charge on any atom is 0.311 e. The molecule has 1 N–H and O–H groups in total. The van der Waals surface area contributed by atoms with Crippen LogP contribution < -0.4 is 10.1 Å². The largest absolute Gasteiger partial charge is 0.427 e. The van der Waals surface area contributed by atoms with E-state index in [4.69, 9.17) is 9.72 Å². The van der Waals surface area contributed by atoms with Crippen molar-refractivity contribution in [2.75, 3.05) is 5.32 Å². The molecule has 0 unspecified atom stereocenters. The van der Waals surface area contributed by atoms with Crippen molar-refractivity contribution in [1.82, 2.24) is 9.38 Å². The van der Waals surface area contributed by atoms with Gasteiger partial charge in [-0.05, 0) is 64.3 Å². The average Bonchev–Trinajstić information content (AvgIpc) is 3.25. The van der Waals surface area contributed by atoms with Crippen molar-refractivity contribution in [2.24, 2.45) is 0 Å². The molecule has 2 heterocycles. The lowest BCUT2D eigenvalue weighted by molar-refractivity contribution is -0.134. The topological polar surface area (TPSA) is 55.6 Å². The van der Waals surface area contributed by atoms with Gasteiger partial charge < -0.3 is 10.1 Å². The van der Waals surface area contributed by atoms with Gasteiger partial charge in [0.25, 0.3) is 0 Å². The summed E-state index contributed by atoms with van der Waals surface area (Å²) >= 11 is 3.57. The van der Waals surface area contributed by atoms with E-state index in [1.165, 1.54) is 37.7 Å². The van der Waals surface area contributed by atoms with Crippen LogP contribution in [0.4, 0.5) is 5.82 Å². The summed E-state index contributed by atoms with van der Waals surface area (Å²) in [7, 11) is 0. The van der Waals surface area contributed by atoms with Crippen LogP contribution in [0.1, 0.15) is 63.9 Å². The third kappa shape index (κ3) is 7.20. The van der Waals surface area contributed by atoms with Crippen molar-refractivity contribution < 1.29 is 9.53 Å². The number of ether oxygens (including phenoxy) is 1. The highest BCUT2D eigenvalue weighted by Crippen LogP contribution is 2.31. The predicted molar refractivity (Wildman–Crippen MR) is 150 cm³/mol. The smallest absolute Gasteiger partial charge is 0.311 e. The third-order valence-electron chi connectivity index (χ3n) is 6.23. The molecule has 0 aliphatic carbocycles. The van der Waals surface area contributed by atoms with Gasteiger partial charge in [-0.25, -0.2) is 4.98 Å². The van der Waals surface area contributed by atoms with Gasteiger partial charge in [-0.1, -0.05) is 75.8 Å². The Morgan fingerprint density at radius 3 is 2.39 bits per heavy atom. The summed E-state index contributed by atoms with van der Waals surface area (Å²) in [5.41, 5.74) is 3.85. The molecule has 2 aromatic carbocycles. The molecule has 0 fully saturated rings. The lowest BCUT2D eigenvalue weighted by atomic mass is 10.1. The molecule has 6 heteroatoms. The molecule has 0 spiro atoms.